The highest BCUT2D eigenvalue weighted by Crippen LogP contribution is 2.41. The largest absolute Gasteiger partial charge is 0.462 e. The van der Waals surface area contributed by atoms with Crippen molar-refractivity contribution in [3.8, 4) is 6.07 Å². The van der Waals surface area contributed by atoms with Gasteiger partial charge in [-0.2, -0.15) is 5.26 Å². The molecule has 0 bridgehead atoms. The number of esters is 1. The summed E-state index contributed by atoms with van der Waals surface area (Å²) in [4.78, 5) is 12.6. The van der Waals surface area contributed by atoms with Crippen LogP contribution < -0.4 is 0 Å². The Morgan fingerprint density at radius 3 is 2.22 bits per heavy atom. The third-order valence-corrected chi connectivity index (χ3v) is 7.06. The zero-order valence-electron chi connectivity index (χ0n) is 17.8. The van der Waals surface area contributed by atoms with Crippen molar-refractivity contribution < 1.29 is 9.53 Å². The molecule has 0 unspecified atom stereocenters. The van der Waals surface area contributed by atoms with E-state index < -0.39 is 0 Å². The van der Waals surface area contributed by atoms with E-state index >= 15 is 0 Å². The molecule has 2 fully saturated rings. The molecule has 2 saturated carbocycles. The predicted octanol–water partition coefficient (Wildman–Crippen LogP) is 6.95. The maximum Gasteiger partial charge on any atom is 0.309 e. The number of unbranched alkanes of at least 4 members (excludes halogenated alkanes) is 4. The monoisotopic (exact) mass is 375 g/mol. The maximum absolute atomic E-state index is 12.6. The van der Waals surface area contributed by atoms with E-state index in [1.807, 2.05) is 0 Å². The van der Waals surface area contributed by atoms with Crippen molar-refractivity contribution in [3.63, 3.8) is 0 Å². The van der Waals surface area contributed by atoms with E-state index in [4.69, 9.17) is 4.74 Å². The van der Waals surface area contributed by atoms with Crippen molar-refractivity contribution >= 4 is 5.97 Å². The lowest BCUT2D eigenvalue weighted by molar-refractivity contribution is -0.158. The van der Waals surface area contributed by atoms with Gasteiger partial charge in [-0.15, -0.1) is 0 Å². The van der Waals surface area contributed by atoms with Crippen LogP contribution in [-0.2, 0) is 9.53 Å². The Hall–Kier alpha value is -1.04. The minimum atomic E-state index is -0.158. The lowest BCUT2D eigenvalue weighted by Gasteiger charge is -2.35. The molecule has 0 N–H and O–H groups in total. The van der Waals surface area contributed by atoms with Crippen LogP contribution in [0.25, 0.3) is 0 Å². The summed E-state index contributed by atoms with van der Waals surface area (Å²) in [5, 5.41) is 9.60. The van der Waals surface area contributed by atoms with E-state index in [1.54, 1.807) is 0 Å². The van der Waals surface area contributed by atoms with E-state index in [0.29, 0.717) is 0 Å². The normalized spacial score (nSPS) is 31.2. The van der Waals surface area contributed by atoms with Gasteiger partial charge in [0.2, 0.25) is 0 Å². The third kappa shape index (κ3) is 7.13. The van der Waals surface area contributed by atoms with Crippen molar-refractivity contribution in [3.05, 3.63) is 0 Å². The van der Waals surface area contributed by atoms with Crippen LogP contribution in [0, 0.1) is 28.6 Å². The van der Waals surface area contributed by atoms with Gasteiger partial charge in [0.25, 0.3) is 0 Å². The molecule has 0 atom stereocenters. The summed E-state index contributed by atoms with van der Waals surface area (Å²) in [6.07, 6.45) is 18.0. The fourth-order valence-corrected chi connectivity index (χ4v) is 5.00. The molecule has 0 saturated heterocycles. The standard InChI is InChI=1S/C24H41NO2/c1-3-5-7-8-9-20-10-12-21(13-11-20)23(26)27-22-14-17-24(19-25,18-15-22)16-6-4-2/h20-22H,3-18H2,1-2H3/t20-,21-,22-,24-. The van der Waals surface area contributed by atoms with Crippen LogP contribution in [-0.4, -0.2) is 12.1 Å². The van der Waals surface area contributed by atoms with Crippen LogP contribution in [0.3, 0.4) is 0 Å². The van der Waals surface area contributed by atoms with Crippen LogP contribution in [0.1, 0.15) is 117 Å². The summed E-state index contributed by atoms with van der Waals surface area (Å²) in [5.41, 5.74) is -0.158. The van der Waals surface area contributed by atoms with Gasteiger partial charge in [0.05, 0.1) is 17.4 Å². The quantitative estimate of drug-likeness (QED) is 0.306. The van der Waals surface area contributed by atoms with E-state index in [0.717, 1.165) is 63.7 Å². The molecule has 3 nitrogen and oxygen atoms in total. The highest BCUT2D eigenvalue weighted by molar-refractivity contribution is 5.72. The van der Waals surface area contributed by atoms with Gasteiger partial charge in [-0.25, -0.2) is 0 Å². The molecular formula is C24H41NO2. The molecule has 0 amide bonds. The second-order valence-corrected chi connectivity index (χ2v) is 9.20. The van der Waals surface area contributed by atoms with Crippen molar-refractivity contribution in [2.45, 2.75) is 123 Å². The smallest absolute Gasteiger partial charge is 0.309 e. The molecule has 0 radical (unpaired) electrons. The SMILES string of the molecule is CCCCCC[C@H]1CC[C@H](C(=O)O[C@H]2CC[C@@](C#N)(CCCC)CC2)CC1. The third-order valence-electron chi connectivity index (χ3n) is 7.06. The number of hydrogen-bond acceptors (Lipinski definition) is 3. The van der Waals surface area contributed by atoms with Gasteiger partial charge in [-0.05, 0) is 63.7 Å². The highest BCUT2D eigenvalue weighted by Gasteiger charge is 2.37. The van der Waals surface area contributed by atoms with Crippen LogP contribution >= 0.6 is 0 Å². The summed E-state index contributed by atoms with van der Waals surface area (Å²) in [7, 11) is 0. The van der Waals surface area contributed by atoms with Gasteiger partial charge >= 0.3 is 5.97 Å². The number of nitrogens with zero attached hydrogens (tertiary/aromatic N) is 1. The molecule has 154 valence electrons. The second kappa shape index (κ2) is 11.7. The molecule has 0 aromatic rings. The number of rotatable bonds is 10. The van der Waals surface area contributed by atoms with Gasteiger partial charge in [0.15, 0.2) is 0 Å². The van der Waals surface area contributed by atoms with Gasteiger partial charge in [0.1, 0.15) is 6.10 Å². The van der Waals surface area contributed by atoms with E-state index in [-0.39, 0.29) is 23.4 Å². The Kier molecular flexibility index (Phi) is 9.66. The van der Waals surface area contributed by atoms with E-state index in [9.17, 15) is 10.1 Å². The average molecular weight is 376 g/mol. The molecule has 2 aliphatic rings. The molecule has 2 aliphatic carbocycles. The summed E-state index contributed by atoms with van der Waals surface area (Å²) in [6, 6.07) is 2.58. The van der Waals surface area contributed by atoms with Crippen LogP contribution in [0.5, 0.6) is 0 Å². The summed E-state index contributed by atoms with van der Waals surface area (Å²) in [5.74, 6) is 0.998. The van der Waals surface area contributed by atoms with Crippen molar-refractivity contribution in [2.75, 3.05) is 0 Å². The molecule has 27 heavy (non-hydrogen) atoms. The number of carbonyl (C=O) groups excluding carboxylic acids is 1. The van der Waals surface area contributed by atoms with Gasteiger partial charge in [-0.1, -0.05) is 58.8 Å². The fraction of sp³-hybridized carbons (Fsp3) is 0.917. The molecule has 0 aliphatic heterocycles. The molecule has 2 rings (SSSR count). The zero-order chi connectivity index (χ0) is 19.5. The number of ether oxygens (including phenoxy) is 1. The molecule has 0 heterocycles. The molecule has 3 heteroatoms. The summed E-state index contributed by atoms with van der Waals surface area (Å²) in [6.45, 7) is 4.44. The zero-order valence-corrected chi connectivity index (χ0v) is 17.8. The van der Waals surface area contributed by atoms with E-state index in [2.05, 4.69) is 19.9 Å². The topological polar surface area (TPSA) is 50.1 Å². The van der Waals surface area contributed by atoms with Crippen molar-refractivity contribution in [2.24, 2.45) is 17.3 Å². The fourth-order valence-electron chi connectivity index (χ4n) is 5.00. The number of nitriles is 1. The molecule has 0 aromatic carbocycles. The first kappa shape index (κ1) is 22.3. The highest BCUT2D eigenvalue weighted by atomic mass is 16.5. The Balaban J connectivity index is 1.66. The lowest BCUT2D eigenvalue weighted by Crippen LogP contribution is -2.33. The summed E-state index contributed by atoms with van der Waals surface area (Å²) >= 11 is 0. The number of carbonyl (C=O) groups is 1. The first-order valence-electron chi connectivity index (χ1n) is 11.7. The minimum Gasteiger partial charge on any atom is -0.462 e. The Bertz CT molecular complexity index is 465. The van der Waals surface area contributed by atoms with Gasteiger partial charge in [-0.3, -0.25) is 4.79 Å². The van der Waals surface area contributed by atoms with E-state index in [1.165, 1.54) is 44.9 Å². The maximum atomic E-state index is 12.6. The van der Waals surface area contributed by atoms with Gasteiger partial charge < -0.3 is 4.74 Å². The first-order valence-corrected chi connectivity index (χ1v) is 11.7. The average Bonchev–Trinajstić information content (AvgIpc) is 2.71. The Morgan fingerprint density at radius 1 is 0.963 bits per heavy atom. The minimum absolute atomic E-state index is 0.0439. The Morgan fingerprint density at radius 2 is 1.63 bits per heavy atom. The summed E-state index contributed by atoms with van der Waals surface area (Å²) < 4.78 is 5.87. The Labute approximate surface area is 167 Å². The van der Waals surface area contributed by atoms with Crippen LogP contribution in [0.2, 0.25) is 0 Å². The van der Waals surface area contributed by atoms with Crippen LogP contribution in [0.15, 0.2) is 0 Å². The molecular weight excluding hydrogens is 334 g/mol. The van der Waals surface area contributed by atoms with Crippen LogP contribution in [0.4, 0.5) is 0 Å². The molecule has 0 spiro atoms. The lowest BCUT2D eigenvalue weighted by atomic mass is 9.71. The second-order valence-electron chi connectivity index (χ2n) is 9.20. The molecule has 0 aromatic heterocycles. The first-order chi connectivity index (χ1) is 13.1. The van der Waals surface area contributed by atoms with Gasteiger partial charge in [0, 0.05) is 0 Å². The van der Waals surface area contributed by atoms with Crippen molar-refractivity contribution in [1.82, 2.24) is 0 Å². The predicted molar refractivity (Wildman–Crippen MR) is 110 cm³/mol. The van der Waals surface area contributed by atoms with Crippen molar-refractivity contribution in [1.29, 1.82) is 5.26 Å². The number of hydrogen-bond donors (Lipinski definition) is 0.